The van der Waals surface area contributed by atoms with E-state index in [2.05, 4.69) is 192 Å². The van der Waals surface area contributed by atoms with Crippen molar-refractivity contribution < 1.29 is 10.0 Å². The van der Waals surface area contributed by atoms with Crippen LogP contribution in [0.2, 0.25) is 15.3 Å². The number of benzene rings is 10. The summed E-state index contributed by atoms with van der Waals surface area (Å²) in [6.07, 6.45) is 0. The summed E-state index contributed by atoms with van der Waals surface area (Å²) < 4.78 is 4.57. The zero-order valence-electron chi connectivity index (χ0n) is 45.2. The molecule has 4 heterocycles. The van der Waals surface area contributed by atoms with E-state index in [1.54, 1.807) is 24.3 Å². The number of hydrogen-bond acceptors (Lipinski definition) is 8. The van der Waals surface area contributed by atoms with Gasteiger partial charge in [-0.3, -0.25) is 0 Å². The second-order valence-electron chi connectivity index (χ2n) is 18.6. The molecule has 0 bridgehead atoms. The molecule has 0 aliphatic rings. The van der Waals surface area contributed by atoms with Crippen molar-refractivity contribution in [1.29, 1.82) is 0 Å². The predicted octanol–water partition coefficient (Wildman–Crippen LogP) is 17.7. The van der Waals surface area contributed by atoms with Gasteiger partial charge in [-0.15, -0.1) is 0 Å². The molecule has 4 aromatic heterocycles. The Hall–Kier alpha value is -7.87. The lowest BCUT2D eigenvalue weighted by Gasteiger charge is -2.11. The highest BCUT2D eigenvalue weighted by molar-refractivity contribution is 14.1. The van der Waals surface area contributed by atoms with Crippen LogP contribution in [-0.2, 0) is 0 Å². The normalized spacial score (nSPS) is 10.7. The van der Waals surface area contributed by atoms with Gasteiger partial charge in [-0.2, -0.15) is 9.97 Å². The molecular weight excluding hydrogens is 1330 g/mol. The molecule has 10 nitrogen and oxygen atoms in total. The van der Waals surface area contributed by atoms with Crippen molar-refractivity contribution >= 4 is 136 Å². The van der Waals surface area contributed by atoms with Crippen molar-refractivity contribution in [1.82, 2.24) is 39.0 Å². The molecule has 16 heteroatoms. The van der Waals surface area contributed by atoms with E-state index in [1.807, 2.05) is 113 Å². The van der Waals surface area contributed by atoms with Crippen LogP contribution in [0.4, 0.5) is 0 Å². The Balaban J connectivity index is 0.000000155. The van der Waals surface area contributed by atoms with E-state index >= 15 is 0 Å². The zero-order valence-corrected chi connectivity index (χ0v) is 51.8. The van der Waals surface area contributed by atoms with Gasteiger partial charge in [0.25, 0.3) is 0 Å². The molecule has 0 saturated carbocycles. The topological polar surface area (TPSA) is 128 Å². The standard InChI is InChI=1S/C33H21ClN4.C27H17ClN4.C6H6BClO2.2CH3I/c34-25-19-17-23(18-20-25)32-35-31(22-9-2-1-3-10-22)36-33(37-32)24-11-8-12-26(21-24)38-29-15-6-4-13-27(29)28-14-5-7-16-30(28)38;28-27-30-25(18-9-2-1-3-10-18)29-26(31-27)19-11-8-12-20(17-19)32-23-15-6-4-13-21(23)22-14-5-7-16-24(22)32;8-6-3-1-5(2-4-6)7(9)10;2*1-2/h1-21H;1-17H;1-4,9-10H;2*1H3. The summed E-state index contributed by atoms with van der Waals surface area (Å²) in [5.74, 6) is 2.95. The van der Waals surface area contributed by atoms with E-state index in [4.69, 9.17) is 64.8 Å². The van der Waals surface area contributed by atoms with Gasteiger partial charge < -0.3 is 19.2 Å². The van der Waals surface area contributed by atoms with Gasteiger partial charge in [0.05, 0.1) is 22.1 Å². The zero-order chi connectivity index (χ0) is 58.5. The molecule has 0 aliphatic heterocycles. The monoisotopic (exact) mass is 1380 g/mol. The second kappa shape index (κ2) is 28.1. The summed E-state index contributed by atoms with van der Waals surface area (Å²) in [7, 11) is -1.41. The summed E-state index contributed by atoms with van der Waals surface area (Å²) >= 11 is 22.3. The molecule has 0 spiro atoms. The summed E-state index contributed by atoms with van der Waals surface area (Å²) in [5.41, 5.74) is 11.7. The Labute approximate surface area is 528 Å². The molecule has 0 fully saturated rings. The first-order valence-corrected chi connectivity index (χ1v) is 31.8. The van der Waals surface area contributed by atoms with Gasteiger partial charge in [0.2, 0.25) is 5.28 Å². The van der Waals surface area contributed by atoms with Crippen LogP contribution in [0.5, 0.6) is 0 Å². The van der Waals surface area contributed by atoms with Crippen LogP contribution >= 0.6 is 80.0 Å². The lowest BCUT2D eigenvalue weighted by molar-refractivity contribution is 0.426. The molecule has 14 aromatic rings. The number of alkyl halides is 2. The highest BCUT2D eigenvalue weighted by Crippen LogP contribution is 2.35. The minimum absolute atomic E-state index is 0.177. The summed E-state index contributed by atoms with van der Waals surface area (Å²) in [6, 6.07) is 84.2. The van der Waals surface area contributed by atoms with E-state index in [1.165, 1.54) is 21.5 Å². The van der Waals surface area contributed by atoms with Crippen LogP contribution in [0, 0.1) is 0 Å². The molecule has 2 N–H and O–H groups in total. The molecule has 0 unspecified atom stereocenters. The lowest BCUT2D eigenvalue weighted by Crippen LogP contribution is -2.29. The fourth-order valence-corrected chi connectivity index (χ4v) is 10.2. The van der Waals surface area contributed by atoms with Crippen LogP contribution in [0.15, 0.2) is 255 Å². The third-order valence-corrected chi connectivity index (χ3v) is 14.1. The maximum atomic E-state index is 8.63. The molecule has 0 radical (unpaired) electrons. The van der Waals surface area contributed by atoms with Crippen molar-refractivity contribution in [2.24, 2.45) is 0 Å². The number of nitrogens with zero attached hydrogens (tertiary/aromatic N) is 8. The molecule has 14 rings (SSSR count). The number of halogens is 5. The molecule has 0 amide bonds. The quantitative estimate of drug-likeness (QED) is 0.0875. The Bertz CT molecular complexity index is 4410. The minimum Gasteiger partial charge on any atom is -0.423 e. The number of rotatable bonds is 8. The Morgan fingerprint density at radius 2 is 0.595 bits per heavy atom. The average Bonchev–Trinajstić information content (AvgIpc) is 4.27. The van der Waals surface area contributed by atoms with E-state index in [0.29, 0.717) is 44.6 Å². The van der Waals surface area contributed by atoms with Gasteiger partial charge in [-0.1, -0.05) is 238 Å². The van der Waals surface area contributed by atoms with Gasteiger partial charge in [0.15, 0.2) is 29.1 Å². The molecule has 0 atom stereocenters. The molecule has 0 aliphatic carbocycles. The van der Waals surface area contributed by atoms with Gasteiger partial charge in [0.1, 0.15) is 0 Å². The van der Waals surface area contributed by atoms with E-state index < -0.39 is 7.12 Å². The molecule has 0 saturated heterocycles. The number of fused-ring (bicyclic) bond motifs is 6. The van der Waals surface area contributed by atoms with Crippen LogP contribution in [-0.4, -0.2) is 66.1 Å². The highest BCUT2D eigenvalue weighted by Gasteiger charge is 2.18. The lowest BCUT2D eigenvalue weighted by atomic mass is 9.81. The molecular formula is C68H50BCl3I2N8O2. The van der Waals surface area contributed by atoms with E-state index in [-0.39, 0.29) is 5.28 Å². The first kappa shape index (κ1) is 59.3. The maximum absolute atomic E-state index is 8.63. The van der Waals surface area contributed by atoms with Crippen LogP contribution in [0.3, 0.4) is 0 Å². The van der Waals surface area contributed by atoms with Gasteiger partial charge in [0, 0.05) is 70.8 Å². The van der Waals surface area contributed by atoms with E-state index in [0.717, 1.165) is 61.3 Å². The van der Waals surface area contributed by atoms with Crippen LogP contribution < -0.4 is 5.46 Å². The summed E-state index contributed by atoms with van der Waals surface area (Å²) in [6.45, 7) is 0. The van der Waals surface area contributed by atoms with Gasteiger partial charge in [-0.25, -0.2) is 19.9 Å². The summed E-state index contributed by atoms with van der Waals surface area (Å²) in [4.78, 5) is 32.0. The smallest absolute Gasteiger partial charge is 0.423 e. The van der Waals surface area contributed by atoms with Crippen molar-refractivity contribution in [3.63, 3.8) is 0 Å². The van der Waals surface area contributed by atoms with Gasteiger partial charge in [-0.05, 0) is 112 Å². The summed E-state index contributed by atoms with van der Waals surface area (Å²) in [5, 5.41) is 23.6. The largest absolute Gasteiger partial charge is 0.488 e. The number of para-hydroxylation sites is 4. The van der Waals surface area contributed by atoms with Crippen LogP contribution in [0.1, 0.15) is 0 Å². The average molecular weight is 1380 g/mol. The third-order valence-electron chi connectivity index (χ3n) is 13.5. The van der Waals surface area contributed by atoms with Crippen molar-refractivity contribution in [2.75, 3.05) is 9.86 Å². The third kappa shape index (κ3) is 13.4. The first-order valence-electron chi connectivity index (χ1n) is 26.3. The number of hydrogen-bond donors (Lipinski definition) is 2. The first-order chi connectivity index (χ1) is 41.2. The Morgan fingerprint density at radius 1 is 0.310 bits per heavy atom. The van der Waals surface area contributed by atoms with Crippen molar-refractivity contribution in [2.45, 2.75) is 0 Å². The van der Waals surface area contributed by atoms with Crippen molar-refractivity contribution in [3.05, 3.63) is 270 Å². The van der Waals surface area contributed by atoms with Crippen molar-refractivity contribution in [3.8, 4) is 68.3 Å². The fraction of sp³-hybridized carbons (Fsp3) is 0.0294. The Kier molecular flexibility index (Phi) is 19.9. The molecule has 10 aromatic carbocycles. The van der Waals surface area contributed by atoms with E-state index in [9.17, 15) is 0 Å². The van der Waals surface area contributed by atoms with Gasteiger partial charge >= 0.3 is 7.12 Å². The van der Waals surface area contributed by atoms with Crippen LogP contribution in [0.25, 0.3) is 112 Å². The SMILES string of the molecule is CI.CI.Clc1ccc(-c2nc(-c3ccccc3)nc(-c3cccc(-n4c5ccccc5c5ccccc54)c3)n2)cc1.Clc1nc(-c2ccccc2)nc(-c2cccc(-n3c4ccccc4c4ccccc43)c2)n1.OB(O)c1ccc(Cl)cc1. The molecule has 84 heavy (non-hydrogen) atoms. The number of aromatic nitrogens is 8. The highest BCUT2D eigenvalue weighted by atomic mass is 127. The predicted molar refractivity (Wildman–Crippen MR) is 367 cm³/mol. The Morgan fingerprint density at radius 3 is 0.964 bits per heavy atom. The molecule has 412 valence electrons. The minimum atomic E-state index is -1.41. The maximum Gasteiger partial charge on any atom is 0.488 e. The fourth-order valence-electron chi connectivity index (χ4n) is 9.75. The second-order valence-corrected chi connectivity index (χ2v) is 19.8.